The van der Waals surface area contributed by atoms with Gasteiger partial charge in [0.2, 0.25) is 5.91 Å². The van der Waals surface area contributed by atoms with E-state index in [0.717, 1.165) is 35.1 Å². The maximum atomic E-state index is 13.2. The van der Waals surface area contributed by atoms with Crippen molar-refractivity contribution in [2.45, 2.75) is 33.1 Å². The molecular formula is C22H25FN2O3. The second kappa shape index (κ2) is 8.87. The minimum Gasteiger partial charge on any atom is -0.448 e. The van der Waals surface area contributed by atoms with Gasteiger partial charge in [-0.25, -0.2) is 19.2 Å². The molecule has 0 unspecified atom stereocenters. The molecule has 0 N–H and O–H groups in total. The zero-order chi connectivity index (χ0) is 20.1. The fraction of sp³-hybridized carbons (Fsp3) is 0.364. The normalized spacial score (nSPS) is 14.1. The maximum Gasteiger partial charge on any atom is 0.428 e. The van der Waals surface area contributed by atoms with Gasteiger partial charge in [0, 0.05) is 13.1 Å². The van der Waals surface area contributed by atoms with Crippen molar-refractivity contribution in [1.82, 2.24) is 10.0 Å². The summed E-state index contributed by atoms with van der Waals surface area (Å²) in [5, 5.41) is 2.92. The zero-order valence-corrected chi connectivity index (χ0v) is 16.3. The first kappa shape index (κ1) is 19.9. The number of ether oxygens (including phenoxy) is 1. The third-order valence-electron chi connectivity index (χ3n) is 4.92. The van der Waals surface area contributed by atoms with Gasteiger partial charge >= 0.3 is 6.09 Å². The first-order valence-corrected chi connectivity index (χ1v) is 9.59. The SMILES string of the molecule is CCOC(=O)N1CCCCN1C(=O)Cc1cc(-c2ccc(F)cc2)ccc1C. The molecular weight excluding hydrogens is 359 g/mol. The van der Waals surface area contributed by atoms with Crippen molar-refractivity contribution in [1.29, 1.82) is 0 Å². The Bertz CT molecular complexity index is 851. The lowest BCUT2D eigenvalue weighted by molar-refractivity contribution is -0.148. The van der Waals surface area contributed by atoms with Crippen molar-refractivity contribution in [2.75, 3.05) is 19.7 Å². The summed E-state index contributed by atoms with van der Waals surface area (Å²) < 4.78 is 18.3. The van der Waals surface area contributed by atoms with Crippen molar-refractivity contribution in [3.8, 4) is 11.1 Å². The number of carbonyl (C=O) groups excluding carboxylic acids is 2. The molecule has 148 valence electrons. The number of hydrazine groups is 1. The summed E-state index contributed by atoms with van der Waals surface area (Å²) in [6, 6.07) is 12.2. The van der Waals surface area contributed by atoms with Crippen LogP contribution in [0.4, 0.5) is 9.18 Å². The van der Waals surface area contributed by atoms with E-state index in [-0.39, 0.29) is 24.8 Å². The van der Waals surface area contributed by atoms with Gasteiger partial charge in [-0.15, -0.1) is 0 Å². The summed E-state index contributed by atoms with van der Waals surface area (Å²) in [7, 11) is 0. The summed E-state index contributed by atoms with van der Waals surface area (Å²) >= 11 is 0. The number of carbonyl (C=O) groups is 2. The van der Waals surface area contributed by atoms with Gasteiger partial charge in [0.1, 0.15) is 5.82 Å². The van der Waals surface area contributed by atoms with Crippen LogP contribution in [0.3, 0.4) is 0 Å². The Morgan fingerprint density at radius 2 is 1.64 bits per heavy atom. The summed E-state index contributed by atoms with van der Waals surface area (Å²) in [6.07, 6.45) is 1.42. The molecule has 0 atom stereocenters. The van der Waals surface area contributed by atoms with E-state index in [1.807, 2.05) is 25.1 Å². The number of hydrogen-bond donors (Lipinski definition) is 0. The van der Waals surface area contributed by atoms with Crippen LogP contribution in [-0.2, 0) is 16.0 Å². The topological polar surface area (TPSA) is 49.9 Å². The number of hydrogen-bond acceptors (Lipinski definition) is 3. The van der Waals surface area contributed by atoms with Gasteiger partial charge in [0.05, 0.1) is 13.0 Å². The molecule has 0 radical (unpaired) electrons. The van der Waals surface area contributed by atoms with Gasteiger partial charge in [-0.1, -0.05) is 30.3 Å². The minimum atomic E-state index is -0.479. The number of benzene rings is 2. The minimum absolute atomic E-state index is 0.132. The van der Waals surface area contributed by atoms with Crippen LogP contribution in [0.1, 0.15) is 30.9 Å². The standard InChI is InChI=1S/C22H25FN2O3/c1-3-28-22(27)25-13-5-4-12-24(25)21(26)15-19-14-18(7-6-16(19)2)17-8-10-20(23)11-9-17/h6-11,14H,3-5,12-13,15H2,1-2H3. The predicted molar refractivity (Wildman–Crippen MR) is 105 cm³/mol. The number of rotatable bonds is 4. The van der Waals surface area contributed by atoms with Crippen molar-refractivity contribution in [2.24, 2.45) is 0 Å². The van der Waals surface area contributed by atoms with E-state index in [0.29, 0.717) is 13.1 Å². The predicted octanol–water partition coefficient (Wildman–Crippen LogP) is 4.34. The number of halogens is 1. The lowest BCUT2D eigenvalue weighted by atomic mass is 9.97. The fourth-order valence-corrected chi connectivity index (χ4v) is 3.35. The Balaban J connectivity index is 1.80. The van der Waals surface area contributed by atoms with Crippen molar-refractivity contribution < 1.29 is 18.7 Å². The third kappa shape index (κ3) is 4.50. The Morgan fingerprint density at radius 3 is 2.32 bits per heavy atom. The smallest absolute Gasteiger partial charge is 0.428 e. The maximum absolute atomic E-state index is 13.2. The monoisotopic (exact) mass is 384 g/mol. The van der Waals surface area contributed by atoms with E-state index in [9.17, 15) is 14.0 Å². The molecule has 0 aromatic heterocycles. The highest BCUT2D eigenvalue weighted by atomic mass is 19.1. The highest BCUT2D eigenvalue weighted by Gasteiger charge is 2.29. The lowest BCUT2D eigenvalue weighted by Crippen LogP contribution is -2.53. The molecule has 0 saturated carbocycles. The molecule has 5 nitrogen and oxygen atoms in total. The molecule has 1 heterocycles. The van der Waals surface area contributed by atoms with Crippen LogP contribution < -0.4 is 0 Å². The lowest BCUT2D eigenvalue weighted by Gasteiger charge is -2.37. The molecule has 2 aromatic carbocycles. The van der Waals surface area contributed by atoms with Crippen LogP contribution in [0.5, 0.6) is 0 Å². The van der Waals surface area contributed by atoms with Crippen LogP contribution in [0.25, 0.3) is 11.1 Å². The van der Waals surface area contributed by atoms with Crippen LogP contribution in [0.15, 0.2) is 42.5 Å². The first-order valence-electron chi connectivity index (χ1n) is 9.59. The Hall–Kier alpha value is -2.89. The summed E-state index contributed by atoms with van der Waals surface area (Å²) in [4.78, 5) is 25.1. The van der Waals surface area contributed by atoms with Gasteiger partial charge in [-0.2, -0.15) is 0 Å². The van der Waals surface area contributed by atoms with Crippen LogP contribution in [0.2, 0.25) is 0 Å². The van der Waals surface area contributed by atoms with Gasteiger partial charge in [0.15, 0.2) is 0 Å². The molecule has 2 amide bonds. The Morgan fingerprint density at radius 1 is 1.00 bits per heavy atom. The van der Waals surface area contributed by atoms with Crippen molar-refractivity contribution >= 4 is 12.0 Å². The second-order valence-corrected chi connectivity index (χ2v) is 6.87. The average molecular weight is 384 g/mol. The fourth-order valence-electron chi connectivity index (χ4n) is 3.35. The van der Waals surface area contributed by atoms with Crippen molar-refractivity contribution in [3.05, 3.63) is 59.4 Å². The van der Waals surface area contributed by atoms with E-state index >= 15 is 0 Å². The second-order valence-electron chi connectivity index (χ2n) is 6.87. The highest BCUT2D eigenvalue weighted by molar-refractivity contribution is 5.82. The summed E-state index contributed by atoms with van der Waals surface area (Å²) in [5.74, 6) is -0.414. The molecule has 1 saturated heterocycles. The number of aryl methyl sites for hydroxylation is 1. The van der Waals surface area contributed by atoms with E-state index < -0.39 is 6.09 Å². The molecule has 2 aromatic rings. The highest BCUT2D eigenvalue weighted by Crippen LogP contribution is 2.24. The van der Waals surface area contributed by atoms with Crippen LogP contribution >= 0.6 is 0 Å². The Kier molecular flexibility index (Phi) is 6.29. The van der Waals surface area contributed by atoms with Crippen LogP contribution in [-0.4, -0.2) is 41.7 Å². The first-order chi connectivity index (χ1) is 13.5. The van der Waals surface area contributed by atoms with E-state index in [4.69, 9.17) is 4.74 Å². The molecule has 0 aliphatic carbocycles. The van der Waals surface area contributed by atoms with Gasteiger partial charge in [-0.05, 0) is 61.1 Å². The molecule has 3 rings (SSSR count). The van der Waals surface area contributed by atoms with E-state index in [1.54, 1.807) is 19.1 Å². The number of amides is 2. The summed E-state index contributed by atoms with van der Waals surface area (Å²) in [5.41, 5.74) is 3.70. The van der Waals surface area contributed by atoms with E-state index in [1.165, 1.54) is 22.2 Å². The quantitative estimate of drug-likeness (QED) is 0.788. The van der Waals surface area contributed by atoms with Gasteiger partial charge < -0.3 is 4.74 Å². The molecule has 1 aliphatic rings. The average Bonchev–Trinajstić information content (AvgIpc) is 2.70. The molecule has 1 aliphatic heterocycles. The zero-order valence-electron chi connectivity index (χ0n) is 16.3. The Labute approximate surface area is 164 Å². The summed E-state index contributed by atoms with van der Waals surface area (Å²) in [6.45, 7) is 4.97. The molecule has 1 fully saturated rings. The molecule has 0 spiro atoms. The molecule has 6 heteroatoms. The molecule has 0 bridgehead atoms. The van der Waals surface area contributed by atoms with E-state index in [2.05, 4.69) is 0 Å². The largest absolute Gasteiger partial charge is 0.448 e. The third-order valence-corrected chi connectivity index (χ3v) is 4.92. The van der Waals surface area contributed by atoms with Gasteiger partial charge in [-0.3, -0.25) is 4.79 Å². The molecule has 28 heavy (non-hydrogen) atoms. The number of nitrogens with zero attached hydrogens (tertiary/aromatic N) is 2. The van der Waals surface area contributed by atoms with Crippen LogP contribution in [0, 0.1) is 12.7 Å². The van der Waals surface area contributed by atoms with Crippen molar-refractivity contribution in [3.63, 3.8) is 0 Å². The van der Waals surface area contributed by atoms with Gasteiger partial charge in [0.25, 0.3) is 0 Å².